The molecule has 4 aliphatic rings. The minimum absolute atomic E-state index is 0.0164. The van der Waals surface area contributed by atoms with E-state index in [1.165, 1.54) is 35.8 Å². The molecule has 3 saturated carbocycles. The first kappa shape index (κ1) is 39.5. The SMILES string of the molecule is C=CC1C[C@]1(NC(=O)[C@@H]1CC(Oc2cc(-c3nnc(NC(C)C)s3)nc3c(Cl)c(OC)ccc23)CN1C(=O)[C@@H](NC(=O)OC1C[C@@H]2C[C@@H]2C1)C(C)(C)C)C(=O)O. The van der Waals surface area contributed by atoms with E-state index in [-0.39, 0.29) is 36.6 Å². The number of aliphatic carboxylic acids is 1. The van der Waals surface area contributed by atoms with Crippen LogP contribution in [-0.2, 0) is 19.1 Å². The number of ether oxygens (including phenoxy) is 3. The summed E-state index contributed by atoms with van der Waals surface area (Å²) in [6, 6.07) is 3.08. The summed E-state index contributed by atoms with van der Waals surface area (Å²) in [6.45, 7) is 13.1. The van der Waals surface area contributed by atoms with Crippen LogP contribution in [0.15, 0.2) is 30.9 Å². The van der Waals surface area contributed by atoms with E-state index in [9.17, 15) is 24.3 Å². The number of carbonyl (C=O) groups excluding carboxylic acids is 3. The molecule has 56 heavy (non-hydrogen) atoms. The summed E-state index contributed by atoms with van der Waals surface area (Å²) in [5.41, 5.74) is -1.51. The Morgan fingerprint density at radius 1 is 1.09 bits per heavy atom. The molecule has 0 spiro atoms. The zero-order valence-corrected chi connectivity index (χ0v) is 33.8. The van der Waals surface area contributed by atoms with Gasteiger partial charge in [-0.3, -0.25) is 9.59 Å². The summed E-state index contributed by atoms with van der Waals surface area (Å²) in [5, 5.41) is 29.4. The second-order valence-electron chi connectivity index (χ2n) is 16.7. The fourth-order valence-corrected chi connectivity index (χ4v) is 9.09. The van der Waals surface area contributed by atoms with Crippen molar-refractivity contribution in [3.8, 4) is 22.2 Å². The molecule has 300 valence electrons. The van der Waals surface area contributed by atoms with Crippen LogP contribution >= 0.6 is 22.9 Å². The highest BCUT2D eigenvalue weighted by Crippen LogP contribution is 2.52. The van der Waals surface area contributed by atoms with E-state index in [1.807, 2.05) is 34.6 Å². The maximum Gasteiger partial charge on any atom is 0.408 e. The van der Waals surface area contributed by atoms with Crippen LogP contribution in [0.1, 0.15) is 66.7 Å². The molecule has 7 rings (SSSR count). The number of halogens is 1. The van der Waals surface area contributed by atoms with Gasteiger partial charge in [-0.2, -0.15) is 0 Å². The smallest absolute Gasteiger partial charge is 0.408 e. The van der Waals surface area contributed by atoms with Crippen molar-refractivity contribution in [3.63, 3.8) is 0 Å². The van der Waals surface area contributed by atoms with Crippen molar-refractivity contribution in [2.24, 2.45) is 23.2 Å². The molecule has 1 saturated heterocycles. The van der Waals surface area contributed by atoms with Gasteiger partial charge in [-0.15, -0.1) is 16.8 Å². The number of hydrogen-bond donors (Lipinski definition) is 4. The molecule has 15 nitrogen and oxygen atoms in total. The van der Waals surface area contributed by atoms with Crippen molar-refractivity contribution in [2.75, 3.05) is 19.0 Å². The standard InChI is InChI=1S/C39H48ClN7O8S/c1-8-21-16-39(21,35(50)51)44-32(48)26-14-23(17-47(26)34(49)31(38(4,5)6)43-37(52)55-22-12-19-11-20(19)13-22)54-28-15-25(33-45-46-36(56-33)41-18(2)3)42-30-24(28)9-10-27(53-7)29(30)40/h8-10,15,18-23,26,31H,1,11-14,16-17H2,2-7H3,(H,41,46)(H,43,52)(H,44,48)(H,50,51)/t19-,20+,21?,22?,23?,26-,31+,39+/m0/s1. The second kappa shape index (κ2) is 15.0. The fourth-order valence-electron chi connectivity index (χ4n) is 7.95. The Kier molecular flexibility index (Phi) is 10.6. The maximum atomic E-state index is 14.6. The number of carbonyl (C=O) groups is 4. The molecular formula is C39H48ClN7O8S. The highest BCUT2D eigenvalue weighted by molar-refractivity contribution is 7.18. The molecule has 3 aliphatic carbocycles. The van der Waals surface area contributed by atoms with E-state index < -0.39 is 58.9 Å². The third-order valence-electron chi connectivity index (χ3n) is 11.1. The third kappa shape index (κ3) is 7.82. The van der Waals surface area contributed by atoms with Crippen LogP contribution in [0.25, 0.3) is 21.6 Å². The number of rotatable bonds is 13. The summed E-state index contributed by atoms with van der Waals surface area (Å²) in [7, 11) is 1.50. The van der Waals surface area contributed by atoms with Crippen molar-refractivity contribution in [1.29, 1.82) is 0 Å². The van der Waals surface area contributed by atoms with Crippen LogP contribution in [0.4, 0.5) is 9.93 Å². The number of carboxylic acids is 1. The van der Waals surface area contributed by atoms with Gasteiger partial charge in [-0.05, 0) is 68.9 Å². The highest BCUT2D eigenvalue weighted by Gasteiger charge is 2.61. The number of nitrogens with one attached hydrogen (secondary N) is 3. The van der Waals surface area contributed by atoms with Gasteiger partial charge in [0, 0.05) is 29.8 Å². The third-order valence-corrected chi connectivity index (χ3v) is 12.4. The second-order valence-corrected chi connectivity index (χ2v) is 18.0. The highest BCUT2D eigenvalue weighted by atomic mass is 35.5. The number of benzene rings is 1. The quantitative estimate of drug-likeness (QED) is 0.155. The van der Waals surface area contributed by atoms with Gasteiger partial charge in [-0.25, -0.2) is 14.6 Å². The van der Waals surface area contributed by atoms with Crippen molar-refractivity contribution < 1.29 is 38.5 Å². The molecule has 1 aliphatic heterocycles. The number of hydrogen-bond acceptors (Lipinski definition) is 12. The molecule has 3 heterocycles. The molecule has 3 aromatic rings. The van der Waals surface area contributed by atoms with Crippen LogP contribution in [0.5, 0.6) is 11.5 Å². The first-order valence-corrected chi connectivity index (χ1v) is 20.1. The van der Waals surface area contributed by atoms with E-state index >= 15 is 0 Å². The Bertz CT molecular complexity index is 2060. The van der Waals surface area contributed by atoms with Crippen molar-refractivity contribution in [2.45, 2.75) is 103 Å². The number of methoxy groups -OCH3 is 1. The van der Waals surface area contributed by atoms with E-state index in [0.29, 0.717) is 50.1 Å². The first-order valence-electron chi connectivity index (χ1n) is 18.9. The van der Waals surface area contributed by atoms with Crippen LogP contribution in [0.2, 0.25) is 5.02 Å². The van der Waals surface area contributed by atoms with Crippen molar-refractivity contribution in [1.82, 2.24) is 30.7 Å². The average Bonchev–Trinajstić information content (AvgIpc) is 3.80. The van der Waals surface area contributed by atoms with E-state index in [4.69, 9.17) is 30.8 Å². The van der Waals surface area contributed by atoms with Crippen molar-refractivity contribution >= 4 is 62.8 Å². The van der Waals surface area contributed by atoms with Gasteiger partial charge >= 0.3 is 12.1 Å². The van der Waals surface area contributed by atoms with Gasteiger partial charge in [0.1, 0.15) is 52.0 Å². The Morgan fingerprint density at radius 3 is 2.45 bits per heavy atom. The Labute approximate surface area is 333 Å². The van der Waals surface area contributed by atoms with Crippen molar-refractivity contribution in [3.05, 3.63) is 35.9 Å². The Balaban J connectivity index is 1.20. The molecule has 17 heteroatoms. The lowest BCUT2D eigenvalue weighted by Crippen LogP contribution is -2.59. The molecule has 4 fully saturated rings. The molecular weight excluding hydrogens is 762 g/mol. The summed E-state index contributed by atoms with van der Waals surface area (Å²) in [4.78, 5) is 60.6. The number of nitrogens with zero attached hydrogens (tertiary/aromatic N) is 4. The number of anilines is 1. The summed E-state index contributed by atoms with van der Waals surface area (Å²) < 4.78 is 17.9. The fraction of sp³-hybridized carbons (Fsp3) is 0.564. The van der Waals surface area contributed by atoms with Crippen LogP contribution in [0, 0.1) is 23.2 Å². The molecule has 0 bridgehead atoms. The van der Waals surface area contributed by atoms with Gasteiger partial charge in [0.25, 0.3) is 0 Å². The summed E-state index contributed by atoms with van der Waals surface area (Å²) >= 11 is 8.10. The van der Waals surface area contributed by atoms with E-state index in [2.05, 4.69) is 32.7 Å². The number of amides is 3. The van der Waals surface area contributed by atoms with Crippen LogP contribution in [0.3, 0.4) is 0 Å². The number of likely N-dealkylation sites (tertiary alicyclic amines) is 1. The number of fused-ring (bicyclic) bond motifs is 2. The predicted molar refractivity (Wildman–Crippen MR) is 210 cm³/mol. The van der Waals surface area contributed by atoms with Gasteiger partial charge in [0.2, 0.25) is 16.9 Å². The minimum atomic E-state index is -1.53. The molecule has 0 radical (unpaired) electrons. The molecule has 2 aromatic heterocycles. The Morgan fingerprint density at radius 2 is 1.82 bits per heavy atom. The number of carboxylic acid groups (broad SMARTS) is 1. The minimum Gasteiger partial charge on any atom is -0.495 e. The summed E-state index contributed by atoms with van der Waals surface area (Å²) in [6.07, 6.45) is 2.84. The van der Waals surface area contributed by atoms with Crippen LogP contribution in [-0.4, -0.2) is 98.6 Å². The normalized spacial score (nSPS) is 27.0. The largest absolute Gasteiger partial charge is 0.495 e. The lowest BCUT2D eigenvalue weighted by atomic mass is 9.85. The average molecular weight is 810 g/mol. The van der Waals surface area contributed by atoms with Gasteiger partial charge < -0.3 is 40.2 Å². The number of aromatic nitrogens is 3. The number of alkyl carbamates (subject to hydrolysis) is 1. The van der Waals surface area contributed by atoms with E-state index in [1.54, 1.807) is 18.2 Å². The monoisotopic (exact) mass is 809 g/mol. The van der Waals surface area contributed by atoms with Gasteiger partial charge in [0.15, 0.2) is 5.01 Å². The molecule has 1 aromatic carbocycles. The zero-order valence-electron chi connectivity index (χ0n) is 32.3. The van der Waals surface area contributed by atoms with Gasteiger partial charge in [0.05, 0.1) is 19.2 Å². The molecule has 4 N–H and O–H groups in total. The first-order chi connectivity index (χ1) is 26.5. The molecule has 8 atom stereocenters. The maximum absolute atomic E-state index is 14.6. The summed E-state index contributed by atoms with van der Waals surface area (Å²) in [5.74, 6) is -0.877. The van der Waals surface area contributed by atoms with Gasteiger partial charge in [-0.1, -0.05) is 49.8 Å². The molecule has 3 unspecified atom stereocenters. The lowest BCUT2D eigenvalue weighted by molar-refractivity contribution is -0.146. The topological polar surface area (TPSA) is 194 Å². The zero-order chi connectivity index (χ0) is 40.3. The number of pyridine rings is 1. The molecule has 3 amide bonds. The lowest BCUT2D eigenvalue weighted by Gasteiger charge is -2.35. The Hall–Kier alpha value is -4.70. The van der Waals surface area contributed by atoms with E-state index in [0.717, 1.165) is 12.8 Å². The predicted octanol–water partition coefficient (Wildman–Crippen LogP) is 5.67. The van der Waals surface area contributed by atoms with Crippen LogP contribution < -0.4 is 25.4 Å².